The number of hydrogen-bond donors (Lipinski definition) is 1. The molecule has 1 atom stereocenters. The van der Waals surface area contributed by atoms with E-state index in [2.05, 4.69) is 5.32 Å². The summed E-state index contributed by atoms with van der Waals surface area (Å²) in [5.74, 6) is -1.99. The van der Waals surface area contributed by atoms with E-state index in [4.69, 9.17) is 14.2 Å². The van der Waals surface area contributed by atoms with Gasteiger partial charge < -0.3 is 18.8 Å². The first-order chi connectivity index (χ1) is 16.7. The van der Waals surface area contributed by atoms with Gasteiger partial charge in [0.05, 0.1) is 30.0 Å². The molecule has 8 nitrogen and oxygen atoms in total. The van der Waals surface area contributed by atoms with Crippen molar-refractivity contribution >= 4 is 28.8 Å². The number of nitrogens with one attached hydrogen (secondary N) is 1. The van der Waals surface area contributed by atoms with Gasteiger partial charge in [0.2, 0.25) is 6.04 Å². The fourth-order valence-electron chi connectivity index (χ4n) is 3.81. The monoisotopic (exact) mass is 480 g/mol. The molecule has 0 aliphatic heterocycles. The molecule has 8 heteroatoms. The molecule has 1 N–H and O–H groups in total. The van der Waals surface area contributed by atoms with Crippen molar-refractivity contribution in [2.24, 2.45) is 0 Å². The minimum Gasteiger partial charge on any atom is -0.464 e. The zero-order valence-corrected chi connectivity index (χ0v) is 20.8. The predicted molar refractivity (Wildman–Crippen MR) is 132 cm³/mol. The van der Waals surface area contributed by atoms with Crippen LogP contribution in [-0.2, 0) is 30.3 Å². The molecule has 0 saturated carbocycles. The van der Waals surface area contributed by atoms with Crippen LogP contribution in [0.5, 0.6) is 0 Å². The predicted octanol–water partition coefficient (Wildman–Crippen LogP) is 4.17. The molecule has 0 fully saturated rings. The van der Waals surface area contributed by atoms with Crippen LogP contribution in [0, 0.1) is 0 Å². The lowest BCUT2D eigenvalue weighted by Crippen LogP contribution is -2.47. The number of carbonyl (C=O) groups excluding carboxylic acids is 3. The second-order valence-corrected chi connectivity index (χ2v) is 8.83. The molecule has 3 aromatic rings. The zero-order valence-electron chi connectivity index (χ0n) is 20.8. The molecular weight excluding hydrogens is 448 g/mol. The van der Waals surface area contributed by atoms with Gasteiger partial charge in [-0.05, 0) is 52.8 Å². The van der Waals surface area contributed by atoms with Gasteiger partial charge in [0, 0.05) is 17.6 Å². The minimum absolute atomic E-state index is 0.000442. The van der Waals surface area contributed by atoms with Crippen molar-refractivity contribution in [3.8, 4) is 5.69 Å². The standard InChI is InChI=1S/C27H32N2O6/c1-6-33-24(30)22-19-15-11-12-16-20(19)29(18-13-9-8-10-14-18)21(22)17-28-23(25(31)34-7-2)26(32)35-27(3,4)5/h8-16,23,28H,6-7,17H2,1-5H3. The summed E-state index contributed by atoms with van der Waals surface area (Å²) in [6, 6.07) is 15.6. The first kappa shape index (κ1) is 26.0. The molecule has 0 radical (unpaired) electrons. The molecular formula is C27H32N2O6. The molecule has 1 unspecified atom stereocenters. The first-order valence-corrected chi connectivity index (χ1v) is 11.7. The van der Waals surface area contributed by atoms with Crippen LogP contribution in [0.4, 0.5) is 0 Å². The summed E-state index contributed by atoms with van der Waals surface area (Å²) >= 11 is 0. The van der Waals surface area contributed by atoms with Crippen LogP contribution in [0.15, 0.2) is 54.6 Å². The third-order valence-corrected chi connectivity index (χ3v) is 5.11. The molecule has 3 rings (SSSR count). The molecule has 0 aliphatic rings. The van der Waals surface area contributed by atoms with Gasteiger partial charge in [-0.1, -0.05) is 36.4 Å². The van der Waals surface area contributed by atoms with Crippen molar-refractivity contribution in [3.63, 3.8) is 0 Å². The lowest BCUT2D eigenvalue weighted by atomic mass is 10.1. The van der Waals surface area contributed by atoms with Crippen LogP contribution >= 0.6 is 0 Å². The lowest BCUT2D eigenvalue weighted by Gasteiger charge is -2.24. The van der Waals surface area contributed by atoms with E-state index in [1.54, 1.807) is 34.6 Å². The van der Waals surface area contributed by atoms with Crippen molar-refractivity contribution < 1.29 is 28.6 Å². The number of rotatable bonds is 9. The molecule has 1 aromatic heterocycles. The zero-order chi connectivity index (χ0) is 25.6. The molecule has 2 aromatic carbocycles. The molecule has 0 bridgehead atoms. The molecule has 1 heterocycles. The van der Waals surface area contributed by atoms with Crippen LogP contribution in [0.25, 0.3) is 16.6 Å². The van der Waals surface area contributed by atoms with E-state index in [0.717, 1.165) is 11.2 Å². The van der Waals surface area contributed by atoms with E-state index in [1.165, 1.54) is 0 Å². The Kier molecular flexibility index (Phi) is 8.30. The van der Waals surface area contributed by atoms with Gasteiger partial charge in [-0.3, -0.25) is 5.32 Å². The van der Waals surface area contributed by atoms with Gasteiger partial charge >= 0.3 is 17.9 Å². The minimum atomic E-state index is -1.37. The lowest BCUT2D eigenvalue weighted by molar-refractivity contribution is -0.165. The highest BCUT2D eigenvalue weighted by molar-refractivity contribution is 6.06. The van der Waals surface area contributed by atoms with Crippen molar-refractivity contribution in [3.05, 3.63) is 65.9 Å². The van der Waals surface area contributed by atoms with Gasteiger partial charge in [0.15, 0.2) is 0 Å². The quantitative estimate of drug-likeness (QED) is 0.279. The van der Waals surface area contributed by atoms with E-state index >= 15 is 0 Å². The normalized spacial score (nSPS) is 12.3. The Labute approximate surface area is 205 Å². The fraction of sp³-hybridized carbons (Fsp3) is 0.370. The third-order valence-electron chi connectivity index (χ3n) is 5.11. The summed E-state index contributed by atoms with van der Waals surface area (Å²) in [6.07, 6.45) is 0. The number of esters is 3. The summed E-state index contributed by atoms with van der Waals surface area (Å²) in [6.45, 7) is 8.89. The molecule has 0 saturated heterocycles. The first-order valence-electron chi connectivity index (χ1n) is 11.7. The Bertz CT molecular complexity index is 1190. The Hall–Kier alpha value is -3.65. The van der Waals surface area contributed by atoms with Crippen LogP contribution < -0.4 is 5.32 Å². The number of aromatic nitrogens is 1. The Balaban J connectivity index is 2.12. The Morgan fingerprint density at radius 2 is 1.51 bits per heavy atom. The average Bonchev–Trinajstić information content (AvgIpc) is 3.13. The van der Waals surface area contributed by atoms with E-state index in [-0.39, 0.29) is 19.8 Å². The van der Waals surface area contributed by atoms with Crippen LogP contribution in [0.2, 0.25) is 0 Å². The largest absolute Gasteiger partial charge is 0.464 e. The highest BCUT2D eigenvalue weighted by Crippen LogP contribution is 2.30. The highest BCUT2D eigenvalue weighted by atomic mass is 16.6. The number of benzene rings is 2. The summed E-state index contributed by atoms with van der Waals surface area (Å²) in [5, 5.41) is 3.68. The maximum atomic E-state index is 13.1. The highest BCUT2D eigenvalue weighted by Gasteiger charge is 2.33. The Morgan fingerprint density at radius 1 is 0.886 bits per heavy atom. The van der Waals surface area contributed by atoms with Crippen molar-refractivity contribution in [2.45, 2.75) is 52.8 Å². The SMILES string of the molecule is CCOC(=O)c1c(CNC(C(=O)OCC)C(=O)OC(C)(C)C)n(-c2ccccc2)c2ccccc12. The van der Waals surface area contributed by atoms with Crippen molar-refractivity contribution in [1.29, 1.82) is 0 Å². The number of para-hydroxylation sites is 2. The molecule has 35 heavy (non-hydrogen) atoms. The maximum absolute atomic E-state index is 13.1. The molecule has 0 spiro atoms. The topological polar surface area (TPSA) is 95.9 Å². The summed E-state index contributed by atoms with van der Waals surface area (Å²) in [4.78, 5) is 38.6. The smallest absolute Gasteiger partial charge is 0.340 e. The second kappa shape index (κ2) is 11.2. The van der Waals surface area contributed by atoms with E-state index in [1.807, 2.05) is 59.2 Å². The van der Waals surface area contributed by atoms with Gasteiger partial charge in [0.1, 0.15) is 5.60 Å². The Morgan fingerprint density at radius 3 is 2.14 bits per heavy atom. The average molecular weight is 481 g/mol. The maximum Gasteiger partial charge on any atom is 0.340 e. The van der Waals surface area contributed by atoms with Crippen molar-refractivity contribution in [2.75, 3.05) is 13.2 Å². The van der Waals surface area contributed by atoms with Gasteiger partial charge in [0.25, 0.3) is 0 Å². The number of nitrogens with zero attached hydrogens (tertiary/aromatic N) is 1. The van der Waals surface area contributed by atoms with Gasteiger partial charge in [-0.25, -0.2) is 14.4 Å². The fourth-order valence-corrected chi connectivity index (χ4v) is 3.81. The number of fused-ring (bicyclic) bond motifs is 1. The number of carbonyl (C=O) groups is 3. The second-order valence-electron chi connectivity index (χ2n) is 8.83. The summed E-state index contributed by atoms with van der Waals surface area (Å²) in [7, 11) is 0. The van der Waals surface area contributed by atoms with Crippen LogP contribution in [0.3, 0.4) is 0 Å². The number of hydrogen-bond acceptors (Lipinski definition) is 7. The molecule has 186 valence electrons. The molecule has 0 aliphatic carbocycles. The van der Waals surface area contributed by atoms with Crippen LogP contribution in [0.1, 0.15) is 50.7 Å². The van der Waals surface area contributed by atoms with E-state index in [0.29, 0.717) is 16.6 Å². The summed E-state index contributed by atoms with van der Waals surface area (Å²) in [5.41, 5.74) is 1.74. The molecule has 0 amide bonds. The van der Waals surface area contributed by atoms with E-state index in [9.17, 15) is 14.4 Å². The number of ether oxygens (including phenoxy) is 3. The van der Waals surface area contributed by atoms with E-state index < -0.39 is 29.6 Å². The van der Waals surface area contributed by atoms with Gasteiger partial charge in [-0.2, -0.15) is 0 Å². The van der Waals surface area contributed by atoms with Crippen molar-refractivity contribution in [1.82, 2.24) is 9.88 Å². The van der Waals surface area contributed by atoms with Gasteiger partial charge in [-0.15, -0.1) is 0 Å². The van der Waals surface area contributed by atoms with Crippen LogP contribution in [-0.4, -0.2) is 47.3 Å². The summed E-state index contributed by atoms with van der Waals surface area (Å²) < 4.78 is 17.9. The third kappa shape index (κ3) is 6.08.